The van der Waals surface area contributed by atoms with Crippen LogP contribution in [0.3, 0.4) is 0 Å². The second-order valence-corrected chi connectivity index (χ2v) is 9.24. The molecule has 0 radical (unpaired) electrons. The van der Waals surface area contributed by atoms with Gasteiger partial charge in [-0.2, -0.15) is 0 Å². The maximum atomic E-state index is 12.9. The van der Waals surface area contributed by atoms with Gasteiger partial charge >= 0.3 is 5.97 Å². The van der Waals surface area contributed by atoms with Crippen LogP contribution in [0.1, 0.15) is 67.2 Å². The van der Waals surface area contributed by atoms with E-state index in [0.717, 1.165) is 11.1 Å². The summed E-state index contributed by atoms with van der Waals surface area (Å²) >= 11 is 0. The van der Waals surface area contributed by atoms with Crippen LogP contribution in [0.5, 0.6) is 0 Å². The molecule has 7 nitrogen and oxygen atoms in total. The summed E-state index contributed by atoms with van der Waals surface area (Å²) in [5.41, 5.74) is 1.04. The fourth-order valence-corrected chi connectivity index (χ4v) is 3.74. The second kappa shape index (κ2) is 12.7. The lowest BCUT2D eigenvalue weighted by molar-refractivity contribution is -0.156. The molecule has 0 aromatic rings. The van der Waals surface area contributed by atoms with E-state index in [9.17, 15) is 24.6 Å². The molecule has 184 valence electrons. The molecule has 0 saturated carbocycles. The molecule has 0 aromatic carbocycles. The highest BCUT2D eigenvalue weighted by Crippen LogP contribution is 2.40. The monoisotopic (exact) mass is 461 g/mol. The molecule has 0 aliphatic heterocycles. The number of rotatable bonds is 11. The number of nitrogens with one attached hydrogen (secondary N) is 1. The van der Waals surface area contributed by atoms with E-state index >= 15 is 0 Å². The standard InChI is InChI=1S/C26H39NO6/c1-7-9-10-18(3)11-12-20-19(4)24(32)21(15-25(20,5)6)33-23(31)14-13-22(30)27-26(8-2,16-28)17-29/h7,9-12,21,28-29H,8,13-17H2,1-6H3,(H,27,30)/b9-7+,12-11+,18-10+. The van der Waals surface area contributed by atoms with Crippen molar-refractivity contribution >= 4 is 17.7 Å². The van der Waals surface area contributed by atoms with Gasteiger partial charge in [-0.05, 0) is 43.8 Å². The minimum absolute atomic E-state index is 0.161. The number of aliphatic hydroxyl groups excluding tert-OH is 2. The fraction of sp³-hybridized carbons (Fsp3) is 0.577. The Morgan fingerprint density at radius 1 is 1.24 bits per heavy atom. The number of allylic oxidation sites excluding steroid dienone is 7. The zero-order valence-corrected chi connectivity index (χ0v) is 20.7. The Morgan fingerprint density at radius 3 is 2.42 bits per heavy atom. The minimum atomic E-state index is -1.11. The van der Waals surface area contributed by atoms with Gasteiger partial charge in [0, 0.05) is 12.8 Å². The van der Waals surface area contributed by atoms with Crippen LogP contribution in [0.25, 0.3) is 0 Å². The van der Waals surface area contributed by atoms with Gasteiger partial charge in [-0.1, -0.05) is 56.7 Å². The summed E-state index contributed by atoms with van der Waals surface area (Å²) in [6.45, 7) is 10.6. The summed E-state index contributed by atoms with van der Waals surface area (Å²) in [7, 11) is 0. The SMILES string of the molecule is C/C=C/C=C(C)/C=C/C1=C(C)C(=O)C(OC(=O)CCC(=O)NC(CC)(CO)CO)CC1(C)C. The number of ketones is 1. The summed E-state index contributed by atoms with van der Waals surface area (Å²) in [4.78, 5) is 37.4. The summed E-state index contributed by atoms with van der Waals surface area (Å²) in [6.07, 6.45) is 9.24. The first kappa shape index (κ1) is 28.5. The molecule has 0 heterocycles. The van der Waals surface area contributed by atoms with Crippen LogP contribution >= 0.6 is 0 Å². The van der Waals surface area contributed by atoms with Crippen molar-refractivity contribution in [1.82, 2.24) is 5.32 Å². The Kier molecular flexibility index (Phi) is 10.9. The smallest absolute Gasteiger partial charge is 0.307 e. The molecule has 1 rings (SSSR count). The molecule has 1 unspecified atom stereocenters. The van der Waals surface area contributed by atoms with E-state index in [1.165, 1.54) is 0 Å². The molecule has 1 atom stereocenters. The first-order valence-corrected chi connectivity index (χ1v) is 11.4. The Morgan fingerprint density at radius 2 is 1.88 bits per heavy atom. The number of esters is 1. The van der Waals surface area contributed by atoms with Crippen molar-refractivity contribution < 1.29 is 29.3 Å². The lowest BCUT2D eigenvalue weighted by Gasteiger charge is -2.36. The summed E-state index contributed by atoms with van der Waals surface area (Å²) in [5, 5.41) is 21.4. The molecule has 0 bridgehead atoms. The van der Waals surface area contributed by atoms with E-state index in [0.29, 0.717) is 18.4 Å². The topological polar surface area (TPSA) is 113 Å². The number of Topliss-reactive ketones (excluding diaryl/α,β-unsaturated/α-hetero) is 1. The van der Waals surface area contributed by atoms with Gasteiger partial charge in [0.1, 0.15) is 0 Å². The van der Waals surface area contributed by atoms with Crippen molar-refractivity contribution in [3.63, 3.8) is 0 Å². The predicted molar refractivity (Wildman–Crippen MR) is 128 cm³/mol. The van der Waals surface area contributed by atoms with E-state index in [1.54, 1.807) is 13.8 Å². The van der Waals surface area contributed by atoms with Gasteiger partial charge in [0.2, 0.25) is 5.91 Å². The average molecular weight is 462 g/mol. The van der Waals surface area contributed by atoms with Crippen molar-refractivity contribution in [2.75, 3.05) is 13.2 Å². The lowest BCUT2D eigenvalue weighted by Crippen LogP contribution is -2.53. The highest BCUT2D eigenvalue weighted by Gasteiger charge is 2.40. The molecule has 0 saturated heterocycles. The number of hydrogen-bond acceptors (Lipinski definition) is 6. The minimum Gasteiger partial charge on any atom is -0.454 e. The van der Waals surface area contributed by atoms with Crippen molar-refractivity contribution in [3.05, 3.63) is 47.1 Å². The van der Waals surface area contributed by atoms with Gasteiger partial charge in [-0.3, -0.25) is 14.4 Å². The van der Waals surface area contributed by atoms with Crippen LogP contribution in [0.2, 0.25) is 0 Å². The van der Waals surface area contributed by atoms with Gasteiger partial charge in [0.15, 0.2) is 11.9 Å². The highest BCUT2D eigenvalue weighted by molar-refractivity contribution is 6.01. The van der Waals surface area contributed by atoms with Crippen molar-refractivity contribution in [3.8, 4) is 0 Å². The number of carbonyl (C=O) groups excluding carboxylic acids is 3. The predicted octanol–water partition coefficient (Wildman–Crippen LogP) is 3.32. The summed E-state index contributed by atoms with van der Waals surface area (Å²) < 4.78 is 5.45. The molecule has 33 heavy (non-hydrogen) atoms. The largest absolute Gasteiger partial charge is 0.454 e. The van der Waals surface area contributed by atoms with E-state index < -0.39 is 36.7 Å². The Labute approximate surface area is 197 Å². The van der Waals surface area contributed by atoms with Crippen LogP contribution in [0.15, 0.2) is 47.1 Å². The van der Waals surface area contributed by atoms with Gasteiger partial charge in [-0.25, -0.2) is 0 Å². The van der Waals surface area contributed by atoms with Crippen LogP contribution in [0, 0.1) is 5.41 Å². The van der Waals surface area contributed by atoms with Gasteiger partial charge < -0.3 is 20.3 Å². The maximum absolute atomic E-state index is 12.9. The van der Waals surface area contributed by atoms with Crippen LogP contribution < -0.4 is 5.32 Å². The molecule has 1 amide bonds. The van der Waals surface area contributed by atoms with Crippen molar-refractivity contribution in [2.45, 2.75) is 78.9 Å². The number of hydrogen-bond donors (Lipinski definition) is 3. The zero-order valence-electron chi connectivity index (χ0n) is 20.7. The number of aliphatic hydroxyl groups is 2. The number of ether oxygens (including phenoxy) is 1. The van der Waals surface area contributed by atoms with Gasteiger partial charge in [0.05, 0.1) is 25.2 Å². The average Bonchev–Trinajstić information content (AvgIpc) is 2.77. The second-order valence-electron chi connectivity index (χ2n) is 9.24. The molecule has 7 heteroatoms. The number of carbonyl (C=O) groups is 3. The molecule has 1 aliphatic rings. The molecule has 0 fully saturated rings. The zero-order chi connectivity index (χ0) is 25.2. The first-order valence-electron chi connectivity index (χ1n) is 11.4. The third kappa shape index (κ3) is 8.09. The van der Waals surface area contributed by atoms with Crippen LogP contribution in [-0.4, -0.2) is 52.7 Å². The number of amides is 1. The van der Waals surface area contributed by atoms with Gasteiger partial charge in [-0.15, -0.1) is 0 Å². The Bertz CT molecular complexity index is 835. The lowest BCUT2D eigenvalue weighted by atomic mass is 9.71. The normalized spacial score (nSPS) is 19.5. The summed E-state index contributed by atoms with van der Waals surface area (Å²) in [5.74, 6) is -1.34. The summed E-state index contributed by atoms with van der Waals surface area (Å²) in [6, 6.07) is 0. The van der Waals surface area contributed by atoms with Crippen LogP contribution in [0.4, 0.5) is 0 Å². The third-order valence-electron chi connectivity index (χ3n) is 6.07. The first-order chi connectivity index (χ1) is 15.4. The maximum Gasteiger partial charge on any atom is 0.307 e. The molecule has 0 aromatic heterocycles. The van der Waals surface area contributed by atoms with Gasteiger partial charge in [0.25, 0.3) is 0 Å². The fourth-order valence-electron chi connectivity index (χ4n) is 3.74. The van der Waals surface area contributed by atoms with Crippen molar-refractivity contribution in [2.24, 2.45) is 5.41 Å². The van der Waals surface area contributed by atoms with E-state index in [1.807, 2.05) is 58.1 Å². The Hall–Kier alpha value is -2.51. The van der Waals surface area contributed by atoms with E-state index in [4.69, 9.17) is 4.74 Å². The molecule has 0 spiro atoms. The highest BCUT2D eigenvalue weighted by atomic mass is 16.5. The third-order valence-corrected chi connectivity index (χ3v) is 6.07. The quantitative estimate of drug-likeness (QED) is 0.321. The molecular weight excluding hydrogens is 422 g/mol. The molecular formula is C26H39NO6. The van der Waals surface area contributed by atoms with Crippen molar-refractivity contribution in [1.29, 1.82) is 0 Å². The molecule has 3 N–H and O–H groups in total. The van der Waals surface area contributed by atoms with E-state index in [2.05, 4.69) is 5.32 Å². The molecule has 1 aliphatic carbocycles. The Balaban J connectivity index is 2.82. The van der Waals surface area contributed by atoms with Crippen LogP contribution in [-0.2, 0) is 19.1 Å². The van der Waals surface area contributed by atoms with E-state index in [-0.39, 0.29) is 24.0 Å².